The average molecular weight is 616 g/mol. The monoisotopic (exact) mass is 615 g/mol. The number of rotatable bonds is 13. The Kier molecular flexibility index (Phi) is 9.89. The summed E-state index contributed by atoms with van der Waals surface area (Å²) >= 11 is 6.13. The van der Waals surface area contributed by atoms with E-state index in [9.17, 15) is 9.59 Å². The van der Waals surface area contributed by atoms with Gasteiger partial charge in [-0.3, -0.25) is 9.59 Å². The van der Waals surface area contributed by atoms with E-state index < -0.39 is 6.04 Å². The SMILES string of the molecule is O=C(NC(CCCCN[C@@H]1C[C@H]1c1ccc2ccccc2c1)C(=O)NCc1cccc(Cl)c1)c1ccc(-c2ccccc2)cc1. The molecule has 0 aliphatic heterocycles. The van der Waals surface area contributed by atoms with Crippen molar-refractivity contribution in [2.24, 2.45) is 0 Å². The van der Waals surface area contributed by atoms with Gasteiger partial charge in [-0.2, -0.15) is 0 Å². The van der Waals surface area contributed by atoms with Crippen molar-refractivity contribution in [1.29, 1.82) is 0 Å². The molecular weight excluding hydrogens is 578 g/mol. The molecule has 1 aliphatic carbocycles. The fourth-order valence-corrected chi connectivity index (χ4v) is 6.12. The van der Waals surface area contributed by atoms with Gasteiger partial charge in [-0.05, 0) is 89.5 Å². The van der Waals surface area contributed by atoms with Crippen LogP contribution < -0.4 is 16.0 Å². The fourth-order valence-electron chi connectivity index (χ4n) is 5.90. The molecule has 3 N–H and O–H groups in total. The van der Waals surface area contributed by atoms with Crippen molar-refractivity contribution in [1.82, 2.24) is 16.0 Å². The largest absolute Gasteiger partial charge is 0.350 e. The third-order valence-electron chi connectivity index (χ3n) is 8.55. The number of carbonyl (C=O) groups excluding carboxylic acids is 2. The summed E-state index contributed by atoms with van der Waals surface area (Å²) in [5, 5.41) is 12.9. The second kappa shape index (κ2) is 14.6. The number of amides is 2. The Morgan fingerprint density at radius 3 is 2.31 bits per heavy atom. The first-order valence-electron chi connectivity index (χ1n) is 15.7. The predicted octanol–water partition coefficient (Wildman–Crippen LogP) is 7.89. The Labute approximate surface area is 270 Å². The van der Waals surface area contributed by atoms with Crippen molar-refractivity contribution >= 4 is 34.2 Å². The van der Waals surface area contributed by atoms with E-state index in [4.69, 9.17) is 11.6 Å². The first kappa shape index (κ1) is 30.6. The van der Waals surface area contributed by atoms with Crippen LogP contribution in [0, 0.1) is 0 Å². The zero-order valence-electron chi connectivity index (χ0n) is 25.2. The van der Waals surface area contributed by atoms with Crippen LogP contribution in [0.5, 0.6) is 0 Å². The van der Waals surface area contributed by atoms with Crippen molar-refractivity contribution in [3.05, 3.63) is 143 Å². The van der Waals surface area contributed by atoms with Gasteiger partial charge in [0.25, 0.3) is 5.91 Å². The molecule has 228 valence electrons. The van der Waals surface area contributed by atoms with Crippen LogP contribution in [0.1, 0.15) is 53.1 Å². The van der Waals surface area contributed by atoms with Gasteiger partial charge in [0.2, 0.25) is 5.91 Å². The molecule has 1 fully saturated rings. The lowest BCUT2D eigenvalue weighted by Crippen LogP contribution is -2.46. The maximum absolute atomic E-state index is 13.3. The molecule has 0 aromatic heterocycles. The molecule has 0 heterocycles. The molecule has 5 aromatic rings. The zero-order valence-corrected chi connectivity index (χ0v) is 26.0. The van der Waals surface area contributed by atoms with Crippen molar-refractivity contribution < 1.29 is 9.59 Å². The van der Waals surface area contributed by atoms with Crippen LogP contribution in [0.4, 0.5) is 0 Å². The van der Waals surface area contributed by atoms with Gasteiger partial charge in [-0.15, -0.1) is 0 Å². The highest BCUT2D eigenvalue weighted by Gasteiger charge is 2.37. The normalized spacial score (nSPS) is 16.2. The first-order valence-corrected chi connectivity index (χ1v) is 16.1. The number of hydrogen-bond acceptors (Lipinski definition) is 3. The molecule has 0 radical (unpaired) electrons. The third kappa shape index (κ3) is 8.18. The highest BCUT2D eigenvalue weighted by molar-refractivity contribution is 6.30. The number of carbonyl (C=O) groups is 2. The Morgan fingerprint density at radius 2 is 1.51 bits per heavy atom. The quantitative estimate of drug-likeness (QED) is 0.118. The number of nitrogens with one attached hydrogen (secondary N) is 3. The minimum Gasteiger partial charge on any atom is -0.350 e. The summed E-state index contributed by atoms with van der Waals surface area (Å²) in [5.41, 5.74) is 4.95. The van der Waals surface area contributed by atoms with Crippen LogP contribution >= 0.6 is 11.6 Å². The smallest absolute Gasteiger partial charge is 0.251 e. The highest BCUT2D eigenvalue weighted by Crippen LogP contribution is 2.41. The van der Waals surface area contributed by atoms with E-state index in [0.29, 0.717) is 35.5 Å². The summed E-state index contributed by atoms with van der Waals surface area (Å²) in [5.74, 6) is 0.0924. The van der Waals surface area contributed by atoms with E-state index in [0.717, 1.165) is 42.5 Å². The number of hydrogen-bond donors (Lipinski definition) is 3. The van der Waals surface area contributed by atoms with E-state index in [1.54, 1.807) is 6.07 Å². The van der Waals surface area contributed by atoms with Gasteiger partial charge in [0.05, 0.1) is 0 Å². The van der Waals surface area contributed by atoms with Gasteiger partial charge in [0, 0.05) is 29.1 Å². The molecule has 0 saturated heterocycles. The third-order valence-corrected chi connectivity index (χ3v) is 8.79. The zero-order chi connectivity index (χ0) is 31.0. The number of fused-ring (bicyclic) bond motifs is 1. The summed E-state index contributed by atoms with van der Waals surface area (Å²) in [6.07, 6.45) is 3.42. The van der Waals surface area contributed by atoms with E-state index in [2.05, 4.69) is 58.4 Å². The summed E-state index contributed by atoms with van der Waals surface area (Å²) in [6.45, 7) is 1.22. The number of benzene rings is 5. The van der Waals surface area contributed by atoms with Crippen LogP contribution in [0.3, 0.4) is 0 Å². The number of unbranched alkanes of at least 4 members (excludes halogenated alkanes) is 1. The minimum atomic E-state index is -0.642. The molecule has 0 spiro atoms. The lowest BCUT2D eigenvalue weighted by atomic mass is 10.0. The van der Waals surface area contributed by atoms with Crippen LogP contribution in [0.15, 0.2) is 121 Å². The molecule has 6 rings (SSSR count). The van der Waals surface area contributed by atoms with Crippen molar-refractivity contribution in [2.75, 3.05) is 6.54 Å². The maximum atomic E-state index is 13.3. The van der Waals surface area contributed by atoms with Gasteiger partial charge in [0.1, 0.15) is 6.04 Å². The molecule has 45 heavy (non-hydrogen) atoms. The molecule has 1 aliphatic rings. The average Bonchev–Trinajstić information content (AvgIpc) is 3.86. The Bertz CT molecular complexity index is 1760. The van der Waals surface area contributed by atoms with E-state index in [1.807, 2.05) is 72.8 Å². The second-order valence-corrected chi connectivity index (χ2v) is 12.3. The van der Waals surface area contributed by atoms with Gasteiger partial charge >= 0.3 is 0 Å². The Hall–Kier alpha value is -4.45. The van der Waals surface area contributed by atoms with Crippen LogP contribution in [-0.4, -0.2) is 30.4 Å². The van der Waals surface area contributed by atoms with Gasteiger partial charge in [-0.1, -0.05) is 109 Å². The summed E-state index contributed by atoms with van der Waals surface area (Å²) in [4.78, 5) is 26.6. The highest BCUT2D eigenvalue weighted by atomic mass is 35.5. The van der Waals surface area contributed by atoms with E-state index in [-0.39, 0.29) is 11.8 Å². The summed E-state index contributed by atoms with van der Waals surface area (Å²) < 4.78 is 0. The number of halogens is 1. The lowest BCUT2D eigenvalue weighted by molar-refractivity contribution is -0.123. The molecule has 1 unspecified atom stereocenters. The molecule has 3 atom stereocenters. The standard InChI is InChI=1S/C39H38ClN3O2/c40-34-14-8-9-27(23-34)26-42-39(45)36(43-38(44)31-19-16-30(17-20-31)28-10-2-1-3-11-28)15-6-7-22-41-37-25-35(37)33-21-18-29-12-4-5-13-32(29)24-33/h1-5,8-14,16-21,23-24,35-37,41H,6-7,15,22,25-26H2,(H,42,45)(H,43,44)/t35-,36?,37+/m0/s1. The molecule has 6 heteroatoms. The summed E-state index contributed by atoms with van der Waals surface area (Å²) in [7, 11) is 0. The van der Waals surface area contributed by atoms with Gasteiger partial charge in [0.15, 0.2) is 0 Å². The van der Waals surface area contributed by atoms with Crippen LogP contribution in [0.2, 0.25) is 5.02 Å². The molecule has 5 aromatic carbocycles. The van der Waals surface area contributed by atoms with Crippen molar-refractivity contribution in [2.45, 2.75) is 50.2 Å². The van der Waals surface area contributed by atoms with Crippen molar-refractivity contribution in [3.63, 3.8) is 0 Å². The second-order valence-electron chi connectivity index (χ2n) is 11.8. The summed E-state index contributed by atoms with van der Waals surface area (Å²) in [6, 6.07) is 40.1. The van der Waals surface area contributed by atoms with Crippen molar-refractivity contribution in [3.8, 4) is 11.1 Å². The Balaban J connectivity index is 1.02. The first-order chi connectivity index (χ1) is 22.0. The molecule has 5 nitrogen and oxygen atoms in total. The van der Waals surface area contributed by atoms with Crippen LogP contribution in [0.25, 0.3) is 21.9 Å². The van der Waals surface area contributed by atoms with E-state index >= 15 is 0 Å². The molecule has 2 amide bonds. The van der Waals surface area contributed by atoms with Gasteiger partial charge < -0.3 is 16.0 Å². The van der Waals surface area contributed by atoms with Gasteiger partial charge in [-0.25, -0.2) is 0 Å². The maximum Gasteiger partial charge on any atom is 0.251 e. The molecule has 0 bridgehead atoms. The topological polar surface area (TPSA) is 70.2 Å². The molecule has 1 saturated carbocycles. The predicted molar refractivity (Wildman–Crippen MR) is 183 cm³/mol. The van der Waals surface area contributed by atoms with Crippen LogP contribution in [-0.2, 0) is 11.3 Å². The molecular formula is C39H38ClN3O2. The fraction of sp³-hybridized carbons (Fsp3) is 0.231. The Morgan fingerprint density at radius 1 is 0.756 bits per heavy atom. The van der Waals surface area contributed by atoms with E-state index in [1.165, 1.54) is 16.3 Å². The minimum absolute atomic E-state index is 0.198. The lowest BCUT2D eigenvalue weighted by Gasteiger charge is -2.19.